The summed E-state index contributed by atoms with van der Waals surface area (Å²) in [5.41, 5.74) is 1.18. The Morgan fingerprint density at radius 1 is 1.32 bits per heavy atom. The van der Waals surface area contributed by atoms with Crippen molar-refractivity contribution in [1.82, 2.24) is 5.32 Å². The Morgan fingerprint density at radius 2 is 2.11 bits per heavy atom. The van der Waals surface area contributed by atoms with Crippen molar-refractivity contribution in [3.05, 3.63) is 23.8 Å². The average Bonchev–Trinajstić information content (AvgIpc) is 2.46. The number of likely N-dealkylation sites (N-methyl/N-ethyl adjacent to an activating group) is 1. The van der Waals surface area contributed by atoms with E-state index >= 15 is 0 Å². The zero-order chi connectivity index (χ0) is 13.5. The second-order valence-corrected chi connectivity index (χ2v) is 4.73. The SMILES string of the molecule is CNCCc1cccc(OC2CCOCC2)c1OC. The smallest absolute Gasteiger partial charge is 0.163 e. The van der Waals surface area contributed by atoms with E-state index in [0.717, 1.165) is 50.5 Å². The second-order valence-electron chi connectivity index (χ2n) is 4.73. The van der Waals surface area contributed by atoms with Crippen molar-refractivity contribution < 1.29 is 14.2 Å². The highest BCUT2D eigenvalue weighted by atomic mass is 16.5. The maximum atomic E-state index is 6.07. The maximum absolute atomic E-state index is 6.07. The van der Waals surface area contributed by atoms with Gasteiger partial charge in [-0.1, -0.05) is 12.1 Å². The monoisotopic (exact) mass is 265 g/mol. The lowest BCUT2D eigenvalue weighted by atomic mass is 10.1. The van der Waals surface area contributed by atoms with Crippen molar-refractivity contribution in [3.8, 4) is 11.5 Å². The molecule has 1 fully saturated rings. The summed E-state index contributed by atoms with van der Waals surface area (Å²) in [4.78, 5) is 0. The average molecular weight is 265 g/mol. The number of benzene rings is 1. The summed E-state index contributed by atoms with van der Waals surface area (Å²) in [7, 11) is 3.66. The molecule has 1 saturated heterocycles. The van der Waals surface area contributed by atoms with Gasteiger partial charge >= 0.3 is 0 Å². The Balaban J connectivity index is 2.09. The molecule has 1 aliphatic heterocycles. The molecular weight excluding hydrogens is 242 g/mol. The van der Waals surface area contributed by atoms with E-state index < -0.39 is 0 Å². The predicted molar refractivity (Wildman–Crippen MR) is 75.1 cm³/mol. The summed E-state index contributed by atoms with van der Waals surface area (Å²) in [5, 5.41) is 3.16. The topological polar surface area (TPSA) is 39.7 Å². The minimum absolute atomic E-state index is 0.238. The predicted octanol–water partition coefficient (Wildman–Crippen LogP) is 2.01. The molecule has 0 atom stereocenters. The van der Waals surface area contributed by atoms with Gasteiger partial charge in [0.1, 0.15) is 6.10 Å². The van der Waals surface area contributed by atoms with Gasteiger partial charge in [0.05, 0.1) is 20.3 Å². The van der Waals surface area contributed by atoms with Crippen LogP contribution >= 0.6 is 0 Å². The number of methoxy groups -OCH3 is 1. The largest absolute Gasteiger partial charge is 0.493 e. The lowest BCUT2D eigenvalue weighted by Gasteiger charge is -2.24. The first-order chi connectivity index (χ1) is 9.35. The standard InChI is InChI=1S/C15H23NO3/c1-16-9-6-12-4-3-5-14(15(12)17-2)19-13-7-10-18-11-8-13/h3-5,13,16H,6-11H2,1-2H3. The molecule has 0 aromatic heterocycles. The quantitative estimate of drug-likeness (QED) is 0.854. The summed E-state index contributed by atoms with van der Waals surface area (Å²) < 4.78 is 17.0. The Labute approximate surface area is 115 Å². The van der Waals surface area contributed by atoms with Gasteiger partial charge in [-0.15, -0.1) is 0 Å². The maximum Gasteiger partial charge on any atom is 0.163 e. The molecule has 4 heteroatoms. The van der Waals surface area contributed by atoms with E-state index in [2.05, 4.69) is 11.4 Å². The van der Waals surface area contributed by atoms with E-state index in [1.54, 1.807) is 7.11 Å². The summed E-state index contributed by atoms with van der Waals surface area (Å²) in [5.74, 6) is 1.72. The van der Waals surface area contributed by atoms with Crippen molar-refractivity contribution >= 4 is 0 Å². The fourth-order valence-corrected chi connectivity index (χ4v) is 2.32. The number of rotatable bonds is 6. The zero-order valence-electron chi connectivity index (χ0n) is 11.8. The lowest BCUT2D eigenvalue weighted by Crippen LogP contribution is -2.26. The summed E-state index contributed by atoms with van der Waals surface area (Å²) in [6, 6.07) is 6.10. The number of ether oxygens (including phenoxy) is 3. The third-order valence-corrected chi connectivity index (χ3v) is 3.37. The van der Waals surface area contributed by atoms with E-state index in [4.69, 9.17) is 14.2 Å². The van der Waals surface area contributed by atoms with E-state index in [9.17, 15) is 0 Å². The Kier molecular flexibility index (Phi) is 5.48. The molecular formula is C15H23NO3. The number of para-hydroxylation sites is 1. The van der Waals surface area contributed by atoms with Gasteiger partial charge in [-0.2, -0.15) is 0 Å². The first kappa shape index (κ1) is 14.2. The second kappa shape index (κ2) is 7.36. The Bertz CT molecular complexity index is 389. The van der Waals surface area contributed by atoms with Crippen LogP contribution in [0.4, 0.5) is 0 Å². The normalized spacial score (nSPS) is 16.3. The van der Waals surface area contributed by atoms with Crippen molar-refractivity contribution in [2.45, 2.75) is 25.4 Å². The highest BCUT2D eigenvalue weighted by Gasteiger charge is 2.18. The van der Waals surface area contributed by atoms with Crippen LogP contribution in [0.2, 0.25) is 0 Å². The van der Waals surface area contributed by atoms with Crippen LogP contribution in [0, 0.1) is 0 Å². The molecule has 1 aromatic carbocycles. The fourth-order valence-electron chi connectivity index (χ4n) is 2.32. The molecule has 1 aliphatic rings. The minimum atomic E-state index is 0.238. The third kappa shape index (κ3) is 3.85. The van der Waals surface area contributed by atoms with Gasteiger partial charge in [0.15, 0.2) is 11.5 Å². The van der Waals surface area contributed by atoms with Crippen LogP contribution in [0.15, 0.2) is 18.2 Å². The van der Waals surface area contributed by atoms with Crippen LogP contribution in [0.5, 0.6) is 11.5 Å². The number of hydrogen-bond donors (Lipinski definition) is 1. The molecule has 0 spiro atoms. The van der Waals surface area contributed by atoms with Gasteiger partial charge in [-0.3, -0.25) is 0 Å². The van der Waals surface area contributed by atoms with Gasteiger partial charge in [0.25, 0.3) is 0 Å². The van der Waals surface area contributed by atoms with E-state index in [1.165, 1.54) is 5.56 Å². The van der Waals surface area contributed by atoms with Crippen LogP contribution in [0.3, 0.4) is 0 Å². The number of nitrogens with one attached hydrogen (secondary N) is 1. The van der Waals surface area contributed by atoms with Gasteiger partial charge in [-0.05, 0) is 31.6 Å². The van der Waals surface area contributed by atoms with Gasteiger partial charge in [-0.25, -0.2) is 0 Å². The molecule has 0 radical (unpaired) electrons. The molecule has 2 rings (SSSR count). The van der Waals surface area contributed by atoms with Gasteiger partial charge in [0, 0.05) is 12.8 Å². The third-order valence-electron chi connectivity index (χ3n) is 3.37. The van der Waals surface area contributed by atoms with E-state index in [0.29, 0.717) is 0 Å². The Hall–Kier alpha value is -1.26. The lowest BCUT2D eigenvalue weighted by molar-refractivity contribution is 0.0245. The van der Waals surface area contributed by atoms with Crippen molar-refractivity contribution in [2.75, 3.05) is 33.9 Å². The molecule has 1 heterocycles. The minimum Gasteiger partial charge on any atom is -0.493 e. The molecule has 1 aromatic rings. The van der Waals surface area contributed by atoms with Gasteiger partial charge in [0.2, 0.25) is 0 Å². The number of hydrogen-bond acceptors (Lipinski definition) is 4. The first-order valence-electron chi connectivity index (χ1n) is 6.90. The van der Waals surface area contributed by atoms with Gasteiger partial charge < -0.3 is 19.5 Å². The molecule has 0 bridgehead atoms. The first-order valence-corrected chi connectivity index (χ1v) is 6.90. The van der Waals surface area contributed by atoms with Crippen molar-refractivity contribution in [2.24, 2.45) is 0 Å². The molecule has 106 valence electrons. The van der Waals surface area contributed by atoms with Crippen LogP contribution in [-0.4, -0.2) is 40.0 Å². The molecule has 19 heavy (non-hydrogen) atoms. The molecule has 0 unspecified atom stereocenters. The summed E-state index contributed by atoms with van der Waals surface area (Å²) in [6.45, 7) is 2.50. The zero-order valence-corrected chi connectivity index (χ0v) is 11.8. The van der Waals surface area contributed by atoms with Crippen LogP contribution in [-0.2, 0) is 11.2 Å². The summed E-state index contributed by atoms with van der Waals surface area (Å²) >= 11 is 0. The molecule has 4 nitrogen and oxygen atoms in total. The van der Waals surface area contributed by atoms with Crippen LogP contribution in [0.1, 0.15) is 18.4 Å². The molecule has 1 N–H and O–H groups in total. The van der Waals surface area contributed by atoms with Crippen molar-refractivity contribution in [1.29, 1.82) is 0 Å². The van der Waals surface area contributed by atoms with Crippen molar-refractivity contribution in [3.63, 3.8) is 0 Å². The Morgan fingerprint density at radius 3 is 2.79 bits per heavy atom. The summed E-state index contributed by atoms with van der Waals surface area (Å²) in [6.07, 6.45) is 3.07. The van der Waals surface area contributed by atoms with Crippen LogP contribution < -0.4 is 14.8 Å². The highest BCUT2D eigenvalue weighted by Crippen LogP contribution is 2.33. The fraction of sp³-hybridized carbons (Fsp3) is 0.600. The highest BCUT2D eigenvalue weighted by molar-refractivity contribution is 5.46. The molecule has 0 saturated carbocycles. The van der Waals surface area contributed by atoms with Crippen LogP contribution in [0.25, 0.3) is 0 Å². The molecule has 0 aliphatic carbocycles. The van der Waals surface area contributed by atoms with E-state index in [1.807, 2.05) is 19.2 Å². The molecule has 0 amide bonds. The van der Waals surface area contributed by atoms with E-state index in [-0.39, 0.29) is 6.10 Å².